The molecule has 4 rings (SSSR count). The number of nitrogens with one attached hydrogen (secondary N) is 1. The molecule has 24 heavy (non-hydrogen) atoms. The molecule has 1 N–H and O–H groups in total. The van der Waals surface area contributed by atoms with Crippen LogP contribution in [0.5, 0.6) is 0 Å². The van der Waals surface area contributed by atoms with E-state index >= 15 is 0 Å². The summed E-state index contributed by atoms with van der Waals surface area (Å²) >= 11 is 1.47. The molecule has 2 aromatic carbocycles. The second kappa shape index (κ2) is 5.32. The van der Waals surface area contributed by atoms with Crippen molar-refractivity contribution < 1.29 is 12.9 Å². The van der Waals surface area contributed by atoms with Crippen molar-refractivity contribution in [2.45, 2.75) is 18.7 Å². The van der Waals surface area contributed by atoms with Gasteiger partial charge in [0.05, 0.1) is 10.4 Å². The number of rotatable bonds is 3. The number of thiophene rings is 1. The summed E-state index contributed by atoms with van der Waals surface area (Å²) in [5.41, 5.74) is 1.34. The maximum absolute atomic E-state index is 12.9. The molecule has 0 saturated heterocycles. The third kappa shape index (κ3) is 2.28. The SMILES string of the molecule is Cc1noc(NS(=O)(=O)c2cccc3c2sc2ccccc23)c1C. The van der Waals surface area contributed by atoms with Gasteiger partial charge in [-0.15, -0.1) is 11.3 Å². The van der Waals surface area contributed by atoms with Gasteiger partial charge in [0.1, 0.15) is 4.90 Å². The smallest absolute Gasteiger partial charge is 0.265 e. The van der Waals surface area contributed by atoms with Crippen LogP contribution in [0.25, 0.3) is 20.2 Å². The third-order valence-electron chi connectivity index (χ3n) is 4.04. The number of anilines is 1. The molecule has 0 aliphatic carbocycles. The van der Waals surface area contributed by atoms with Gasteiger partial charge in [-0.1, -0.05) is 35.5 Å². The van der Waals surface area contributed by atoms with Gasteiger partial charge in [0.2, 0.25) is 5.88 Å². The van der Waals surface area contributed by atoms with Crippen LogP contribution in [-0.4, -0.2) is 13.6 Å². The van der Waals surface area contributed by atoms with Gasteiger partial charge in [-0.3, -0.25) is 0 Å². The quantitative estimate of drug-likeness (QED) is 0.587. The van der Waals surface area contributed by atoms with E-state index in [0.29, 0.717) is 11.3 Å². The largest absolute Gasteiger partial charge is 0.337 e. The van der Waals surface area contributed by atoms with Gasteiger partial charge < -0.3 is 4.52 Å². The van der Waals surface area contributed by atoms with Crippen molar-refractivity contribution in [3.8, 4) is 0 Å². The predicted octanol–water partition coefficient (Wildman–Crippen LogP) is 4.46. The number of hydrogen-bond acceptors (Lipinski definition) is 5. The number of aromatic nitrogens is 1. The van der Waals surface area contributed by atoms with Crippen molar-refractivity contribution in [2.75, 3.05) is 4.72 Å². The summed E-state index contributed by atoms with van der Waals surface area (Å²) < 4.78 is 35.1. The highest BCUT2D eigenvalue weighted by atomic mass is 32.2. The summed E-state index contributed by atoms with van der Waals surface area (Å²) in [7, 11) is -3.77. The first kappa shape index (κ1) is 15.2. The first-order valence-electron chi connectivity index (χ1n) is 7.33. The van der Waals surface area contributed by atoms with E-state index in [4.69, 9.17) is 4.52 Å². The van der Waals surface area contributed by atoms with Crippen LogP contribution < -0.4 is 4.72 Å². The number of benzene rings is 2. The highest BCUT2D eigenvalue weighted by Crippen LogP contribution is 2.38. The van der Waals surface area contributed by atoms with Gasteiger partial charge in [0.25, 0.3) is 10.0 Å². The Morgan fingerprint density at radius 1 is 1.04 bits per heavy atom. The van der Waals surface area contributed by atoms with Crippen molar-refractivity contribution in [2.24, 2.45) is 0 Å². The molecule has 2 aromatic heterocycles. The van der Waals surface area contributed by atoms with E-state index in [2.05, 4.69) is 9.88 Å². The predicted molar refractivity (Wildman–Crippen MR) is 96.1 cm³/mol. The fraction of sp³-hybridized carbons (Fsp3) is 0.118. The molecule has 5 nitrogen and oxygen atoms in total. The van der Waals surface area contributed by atoms with E-state index < -0.39 is 10.0 Å². The molecule has 2 heterocycles. The van der Waals surface area contributed by atoms with Gasteiger partial charge in [0, 0.05) is 21.0 Å². The average molecular weight is 358 g/mol. The summed E-state index contributed by atoms with van der Waals surface area (Å²) in [5.74, 6) is 0.158. The molecule has 0 radical (unpaired) electrons. The molecule has 0 saturated carbocycles. The van der Waals surface area contributed by atoms with Crippen LogP contribution in [0.1, 0.15) is 11.3 Å². The molecular formula is C17H14N2O3S2. The summed E-state index contributed by atoms with van der Waals surface area (Å²) in [6.07, 6.45) is 0. The van der Waals surface area contributed by atoms with E-state index in [-0.39, 0.29) is 10.8 Å². The van der Waals surface area contributed by atoms with Crippen LogP contribution in [0, 0.1) is 13.8 Å². The standard InChI is InChI=1S/C17H14N2O3S2/c1-10-11(2)18-22-17(10)19-24(20,21)15-9-5-7-13-12-6-3-4-8-14(12)23-16(13)15/h3-9,19H,1-2H3. The zero-order valence-electron chi connectivity index (χ0n) is 13.0. The van der Waals surface area contributed by atoms with Crippen molar-refractivity contribution >= 4 is 47.4 Å². The fourth-order valence-corrected chi connectivity index (χ4v) is 5.34. The maximum Gasteiger partial charge on any atom is 0.265 e. The third-order valence-corrected chi connectivity index (χ3v) is 6.76. The highest BCUT2D eigenvalue weighted by molar-refractivity contribution is 7.93. The molecule has 4 aromatic rings. The molecule has 0 amide bonds. The Morgan fingerprint density at radius 2 is 1.79 bits per heavy atom. The Hall–Kier alpha value is -2.38. The number of fused-ring (bicyclic) bond motifs is 3. The maximum atomic E-state index is 12.9. The summed E-state index contributed by atoms with van der Waals surface area (Å²) in [6.45, 7) is 3.53. The minimum Gasteiger partial charge on any atom is -0.337 e. The van der Waals surface area contributed by atoms with Crippen LogP contribution in [0.15, 0.2) is 51.9 Å². The van der Waals surface area contributed by atoms with Crippen LogP contribution in [0.4, 0.5) is 5.88 Å². The van der Waals surface area contributed by atoms with Crippen LogP contribution in [0.3, 0.4) is 0 Å². The van der Waals surface area contributed by atoms with Gasteiger partial charge in [-0.05, 0) is 26.0 Å². The molecule has 0 aliphatic rings. The number of hydrogen-bond donors (Lipinski definition) is 1. The van der Waals surface area contributed by atoms with Crippen LogP contribution >= 0.6 is 11.3 Å². The van der Waals surface area contributed by atoms with E-state index in [0.717, 1.165) is 20.2 Å². The Balaban J connectivity index is 1.90. The van der Waals surface area contributed by atoms with E-state index in [1.807, 2.05) is 30.3 Å². The minimum absolute atomic E-state index is 0.158. The average Bonchev–Trinajstić information content (AvgIpc) is 3.09. The fourth-order valence-electron chi connectivity index (χ4n) is 2.62. The van der Waals surface area contributed by atoms with Gasteiger partial charge in [-0.25, -0.2) is 13.1 Å². The number of aryl methyl sites for hydroxylation is 1. The summed E-state index contributed by atoms with van der Waals surface area (Å²) in [6, 6.07) is 13.2. The Bertz CT molecular complexity index is 1170. The second-order valence-electron chi connectivity index (χ2n) is 5.56. The lowest BCUT2D eigenvalue weighted by Gasteiger charge is -2.06. The molecule has 0 unspecified atom stereocenters. The molecule has 0 atom stereocenters. The van der Waals surface area contributed by atoms with Gasteiger partial charge in [0.15, 0.2) is 0 Å². The molecule has 0 spiro atoms. The number of nitrogens with zero attached hydrogens (tertiary/aromatic N) is 1. The monoisotopic (exact) mass is 358 g/mol. The molecule has 0 bridgehead atoms. The van der Waals surface area contributed by atoms with E-state index in [9.17, 15) is 8.42 Å². The molecule has 0 fully saturated rings. The van der Waals surface area contributed by atoms with E-state index in [1.54, 1.807) is 26.0 Å². The number of sulfonamides is 1. The van der Waals surface area contributed by atoms with Crippen LogP contribution in [-0.2, 0) is 10.0 Å². The van der Waals surface area contributed by atoms with Crippen molar-refractivity contribution in [1.29, 1.82) is 0 Å². The minimum atomic E-state index is -3.77. The molecule has 0 aliphatic heterocycles. The second-order valence-corrected chi connectivity index (χ2v) is 8.26. The lowest BCUT2D eigenvalue weighted by molar-refractivity contribution is 0.430. The first-order chi connectivity index (χ1) is 11.5. The van der Waals surface area contributed by atoms with Gasteiger partial charge in [-0.2, -0.15) is 0 Å². The lowest BCUT2D eigenvalue weighted by Crippen LogP contribution is -2.13. The Labute approximate surface area is 142 Å². The highest BCUT2D eigenvalue weighted by Gasteiger charge is 2.22. The summed E-state index contributed by atoms with van der Waals surface area (Å²) in [4.78, 5) is 0.245. The first-order valence-corrected chi connectivity index (χ1v) is 9.63. The van der Waals surface area contributed by atoms with E-state index in [1.165, 1.54) is 11.3 Å². The molecule has 7 heteroatoms. The topological polar surface area (TPSA) is 72.2 Å². The van der Waals surface area contributed by atoms with Gasteiger partial charge >= 0.3 is 0 Å². The molecular weight excluding hydrogens is 344 g/mol. The Kier molecular flexibility index (Phi) is 3.36. The Morgan fingerprint density at radius 3 is 2.54 bits per heavy atom. The zero-order chi connectivity index (χ0) is 16.9. The summed E-state index contributed by atoms with van der Waals surface area (Å²) in [5, 5.41) is 5.78. The zero-order valence-corrected chi connectivity index (χ0v) is 14.7. The normalized spacial score (nSPS) is 12.1. The van der Waals surface area contributed by atoms with Crippen LogP contribution in [0.2, 0.25) is 0 Å². The molecule has 122 valence electrons. The van der Waals surface area contributed by atoms with Crippen molar-refractivity contribution in [1.82, 2.24) is 5.16 Å². The lowest BCUT2D eigenvalue weighted by atomic mass is 10.1. The van der Waals surface area contributed by atoms with Crippen molar-refractivity contribution in [3.05, 3.63) is 53.7 Å². The van der Waals surface area contributed by atoms with Crippen molar-refractivity contribution in [3.63, 3.8) is 0 Å².